The number of hydrogen-bond donors (Lipinski definition) is 2. The molecule has 0 aliphatic heterocycles. The van der Waals surface area contributed by atoms with Crippen molar-refractivity contribution in [3.8, 4) is 33.5 Å². The number of H-pyrrole nitrogens is 1. The molecule has 162 valence electrons. The lowest BCUT2D eigenvalue weighted by atomic mass is 10.2. The molecule has 0 aliphatic carbocycles. The third-order valence-electron chi connectivity index (χ3n) is 4.84. The number of nitrogens with two attached hydrogens (primary N) is 1. The van der Waals surface area contributed by atoms with Gasteiger partial charge in [-0.05, 0) is 42.5 Å². The minimum Gasteiger partial charge on any atom is -0.496 e. The maximum absolute atomic E-state index is 13.2. The Morgan fingerprint density at radius 3 is 2.78 bits per heavy atom. The molecule has 3 heterocycles. The van der Waals surface area contributed by atoms with E-state index in [0.717, 1.165) is 21.7 Å². The molecular weight excluding hydrogens is 451 g/mol. The number of nitrogens with zero attached hydrogens (tertiary/aromatic N) is 2. The highest BCUT2D eigenvalue weighted by Gasteiger charge is 2.15. The molecule has 0 saturated carbocycles. The fraction of sp³-hybridized carbons (Fsp3) is 0.0909. The van der Waals surface area contributed by atoms with E-state index >= 15 is 0 Å². The van der Waals surface area contributed by atoms with Gasteiger partial charge in [0.2, 0.25) is 0 Å². The number of aromatic nitrogens is 3. The first kappa shape index (κ1) is 20.3. The Bertz CT molecular complexity index is 1470. The summed E-state index contributed by atoms with van der Waals surface area (Å²) < 4.78 is 32.3. The van der Waals surface area contributed by atoms with Gasteiger partial charge in [0.15, 0.2) is 10.5 Å². The number of aromatic amines is 1. The smallest absolute Gasteiger partial charge is 0.196 e. The molecule has 32 heavy (non-hydrogen) atoms. The van der Waals surface area contributed by atoms with E-state index in [4.69, 9.17) is 32.0 Å². The van der Waals surface area contributed by atoms with E-state index in [-0.39, 0.29) is 12.4 Å². The number of benzene rings is 2. The lowest BCUT2D eigenvalue weighted by Crippen LogP contribution is -2.05. The predicted octanol–water partition coefficient (Wildman–Crippen LogP) is 5.52. The lowest BCUT2D eigenvalue weighted by Gasteiger charge is -2.07. The zero-order valence-corrected chi connectivity index (χ0v) is 18.4. The molecule has 2 aromatic carbocycles. The first-order chi connectivity index (χ1) is 15.5. The Morgan fingerprint density at radius 2 is 2.06 bits per heavy atom. The zero-order chi connectivity index (χ0) is 22.2. The summed E-state index contributed by atoms with van der Waals surface area (Å²) in [6.07, 6.45) is 1.66. The summed E-state index contributed by atoms with van der Waals surface area (Å²) in [6, 6.07) is 11.7. The molecular formula is C22H17FN4O3S2. The number of furan rings is 1. The highest BCUT2D eigenvalue weighted by molar-refractivity contribution is 7.71. The number of ether oxygens (including phenoxy) is 2. The van der Waals surface area contributed by atoms with E-state index in [9.17, 15) is 4.39 Å². The second kappa shape index (κ2) is 8.13. The quantitative estimate of drug-likeness (QED) is 0.252. The van der Waals surface area contributed by atoms with Crippen LogP contribution in [0.4, 0.5) is 4.39 Å². The third-order valence-corrected chi connectivity index (χ3v) is 6.09. The maximum atomic E-state index is 13.2. The summed E-state index contributed by atoms with van der Waals surface area (Å²) in [6.45, 7) is 0.252. The van der Waals surface area contributed by atoms with E-state index in [1.165, 1.54) is 28.1 Å². The van der Waals surface area contributed by atoms with Crippen molar-refractivity contribution in [1.29, 1.82) is 0 Å². The summed E-state index contributed by atoms with van der Waals surface area (Å²) in [7, 11) is 1.58. The normalized spacial score (nSPS) is 11.2. The van der Waals surface area contributed by atoms with Crippen molar-refractivity contribution in [3.05, 3.63) is 70.3 Å². The molecule has 5 rings (SSSR count). The summed E-state index contributed by atoms with van der Waals surface area (Å²) in [4.78, 5) is 7.60. The van der Waals surface area contributed by atoms with Crippen molar-refractivity contribution in [2.75, 3.05) is 13.0 Å². The number of imidazole rings is 1. The minimum atomic E-state index is -0.278. The molecule has 10 heteroatoms. The van der Waals surface area contributed by atoms with Crippen LogP contribution in [0, 0.1) is 10.6 Å². The molecule has 0 spiro atoms. The molecule has 0 fully saturated rings. The van der Waals surface area contributed by atoms with Gasteiger partial charge in [-0.1, -0.05) is 0 Å². The Hall–Kier alpha value is -3.63. The molecule has 3 aromatic heterocycles. The molecule has 0 unspecified atom stereocenters. The van der Waals surface area contributed by atoms with Crippen molar-refractivity contribution < 1.29 is 18.3 Å². The topological polar surface area (TPSA) is 91.2 Å². The number of nitrogen functional groups attached to an aromatic ring is 1. The number of hydrogen-bond acceptors (Lipinski definition) is 7. The molecule has 0 saturated heterocycles. The van der Waals surface area contributed by atoms with Crippen LogP contribution < -0.4 is 15.3 Å². The first-order valence-electron chi connectivity index (χ1n) is 9.52. The highest BCUT2D eigenvalue weighted by atomic mass is 32.1. The van der Waals surface area contributed by atoms with Crippen molar-refractivity contribution in [1.82, 2.24) is 14.6 Å². The van der Waals surface area contributed by atoms with Gasteiger partial charge in [0.1, 0.15) is 40.2 Å². The molecule has 0 aliphatic rings. The van der Waals surface area contributed by atoms with Crippen LogP contribution in [0.15, 0.2) is 58.5 Å². The van der Waals surface area contributed by atoms with Crippen molar-refractivity contribution in [2.24, 2.45) is 0 Å². The Labute approximate surface area is 190 Å². The van der Waals surface area contributed by atoms with Crippen LogP contribution in [0.25, 0.3) is 33.0 Å². The van der Waals surface area contributed by atoms with Gasteiger partial charge in [0.25, 0.3) is 0 Å². The largest absolute Gasteiger partial charge is 0.496 e. The number of methoxy groups -OCH3 is 1. The fourth-order valence-electron chi connectivity index (χ4n) is 3.24. The van der Waals surface area contributed by atoms with Crippen LogP contribution in [0.5, 0.6) is 11.5 Å². The first-order valence-corrected chi connectivity index (χ1v) is 10.8. The fourth-order valence-corrected chi connectivity index (χ4v) is 4.21. The van der Waals surface area contributed by atoms with Crippen LogP contribution in [0.3, 0.4) is 0 Å². The molecule has 5 aromatic rings. The van der Waals surface area contributed by atoms with Crippen LogP contribution in [0.1, 0.15) is 5.69 Å². The van der Waals surface area contributed by atoms with E-state index in [0.29, 0.717) is 33.3 Å². The average Bonchev–Trinajstić information content (AvgIpc) is 3.51. The predicted molar refractivity (Wildman–Crippen MR) is 123 cm³/mol. The number of nitrogens with one attached hydrogen (secondary N) is 1. The SMILES string of the molecule is COc1cc(OCc2csc(-c3ccc(F)cc3)n2)c2cc(-c3cn(N)c(=S)[nH]3)oc2c1. The van der Waals surface area contributed by atoms with E-state index in [1.54, 1.807) is 37.6 Å². The number of thiazole rings is 1. The van der Waals surface area contributed by atoms with Crippen molar-refractivity contribution in [3.63, 3.8) is 0 Å². The van der Waals surface area contributed by atoms with Crippen LogP contribution in [0.2, 0.25) is 0 Å². The van der Waals surface area contributed by atoms with E-state index < -0.39 is 0 Å². The second-order valence-electron chi connectivity index (χ2n) is 6.97. The van der Waals surface area contributed by atoms with Crippen LogP contribution in [-0.2, 0) is 6.61 Å². The van der Waals surface area contributed by atoms with Gasteiger partial charge in [0.05, 0.1) is 24.4 Å². The summed E-state index contributed by atoms with van der Waals surface area (Å²) in [5.41, 5.74) is 2.87. The van der Waals surface area contributed by atoms with Gasteiger partial charge in [-0.3, -0.25) is 0 Å². The van der Waals surface area contributed by atoms with Gasteiger partial charge >= 0.3 is 0 Å². The van der Waals surface area contributed by atoms with E-state index in [2.05, 4.69) is 9.97 Å². The van der Waals surface area contributed by atoms with E-state index in [1.807, 2.05) is 11.4 Å². The average molecular weight is 469 g/mol. The van der Waals surface area contributed by atoms with Gasteiger partial charge in [-0.25, -0.2) is 14.1 Å². The Balaban J connectivity index is 1.43. The molecule has 3 N–H and O–H groups in total. The van der Waals surface area contributed by atoms with Gasteiger partial charge in [-0.2, -0.15) is 0 Å². The van der Waals surface area contributed by atoms with Gasteiger partial charge in [-0.15, -0.1) is 11.3 Å². The number of rotatable bonds is 6. The summed E-state index contributed by atoms with van der Waals surface area (Å²) in [5.74, 6) is 7.27. The van der Waals surface area contributed by atoms with Crippen LogP contribution >= 0.6 is 23.6 Å². The number of halogens is 1. The summed E-state index contributed by atoms with van der Waals surface area (Å²) in [5, 5.41) is 3.49. The zero-order valence-electron chi connectivity index (χ0n) is 16.8. The molecule has 0 radical (unpaired) electrons. The molecule has 0 atom stereocenters. The van der Waals surface area contributed by atoms with Crippen molar-refractivity contribution >= 4 is 34.5 Å². The second-order valence-corrected chi connectivity index (χ2v) is 8.21. The minimum absolute atomic E-state index is 0.252. The molecule has 0 amide bonds. The van der Waals surface area contributed by atoms with Crippen LogP contribution in [-0.4, -0.2) is 21.8 Å². The monoisotopic (exact) mass is 468 g/mol. The standard InChI is InChI=1S/C22H17FN4O3S2/c1-28-15-6-18(16-8-20(30-19(16)7-15)17-9-27(24)22(31)26-17)29-10-14-11-32-21(25-14)12-2-4-13(23)5-3-12/h2-9,11H,10,24H2,1H3,(H,26,31). The number of fused-ring (bicyclic) bond motifs is 1. The Morgan fingerprint density at radius 1 is 1.25 bits per heavy atom. The lowest BCUT2D eigenvalue weighted by molar-refractivity contribution is 0.303. The maximum Gasteiger partial charge on any atom is 0.196 e. The molecule has 0 bridgehead atoms. The van der Waals surface area contributed by atoms with Gasteiger partial charge < -0.3 is 24.7 Å². The highest BCUT2D eigenvalue weighted by Crippen LogP contribution is 2.37. The Kier molecular flexibility index (Phi) is 5.16. The van der Waals surface area contributed by atoms with Crippen molar-refractivity contribution in [2.45, 2.75) is 6.61 Å². The third kappa shape index (κ3) is 3.85. The summed E-state index contributed by atoms with van der Waals surface area (Å²) >= 11 is 6.61. The van der Waals surface area contributed by atoms with Gasteiger partial charge in [0, 0.05) is 23.1 Å². The molecule has 7 nitrogen and oxygen atoms in total.